The molecule has 3 heteroatoms. The lowest BCUT2D eigenvalue weighted by atomic mass is 9.62. The highest BCUT2D eigenvalue weighted by atomic mass is 16.5. The summed E-state index contributed by atoms with van der Waals surface area (Å²) >= 11 is 0. The molecule has 0 saturated heterocycles. The van der Waals surface area contributed by atoms with Crippen molar-refractivity contribution in [2.24, 2.45) is 5.92 Å². The third kappa shape index (κ3) is 4.51. The van der Waals surface area contributed by atoms with Gasteiger partial charge in [-0.05, 0) is 63.1 Å². The molecular formula is C26H43NO2. The first-order valence-corrected chi connectivity index (χ1v) is 11.9. The minimum absolute atomic E-state index is 0.120. The molecular weight excluding hydrogens is 358 g/mol. The molecule has 3 rings (SSSR count). The van der Waals surface area contributed by atoms with Crippen LogP contribution in [0.2, 0.25) is 0 Å². The van der Waals surface area contributed by atoms with Gasteiger partial charge >= 0.3 is 0 Å². The van der Waals surface area contributed by atoms with Crippen LogP contribution in [0.5, 0.6) is 5.75 Å². The maximum atomic E-state index is 12.0. The Hall–Kier alpha value is -1.06. The van der Waals surface area contributed by atoms with Crippen molar-refractivity contribution in [3.63, 3.8) is 0 Å². The van der Waals surface area contributed by atoms with E-state index >= 15 is 0 Å². The van der Waals surface area contributed by atoms with Crippen LogP contribution < -0.4 is 10.1 Å². The van der Waals surface area contributed by atoms with E-state index in [1.165, 1.54) is 37.7 Å². The molecule has 1 saturated carbocycles. The van der Waals surface area contributed by atoms with E-state index in [1.54, 1.807) is 0 Å². The average Bonchev–Trinajstić information content (AvgIpc) is 2.64. The Morgan fingerprint density at radius 3 is 2.59 bits per heavy atom. The number of unbranched alkanes of at least 4 members (excludes halogenated alkanes) is 3. The molecule has 164 valence electrons. The van der Waals surface area contributed by atoms with Gasteiger partial charge in [0.2, 0.25) is 0 Å². The van der Waals surface area contributed by atoms with E-state index in [1.807, 2.05) is 0 Å². The quantitative estimate of drug-likeness (QED) is 0.519. The van der Waals surface area contributed by atoms with Gasteiger partial charge in [-0.3, -0.25) is 0 Å². The summed E-state index contributed by atoms with van der Waals surface area (Å²) in [5, 5.41) is 15.5. The molecule has 1 heterocycles. The van der Waals surface area contributed by atoms with Crippen LogP contribution in [-0.4, -0.2) is 23.3 Å². The largest absolute Gasteiger partial charge is 0.487 e. The second-order valence-electron chi connectivity index (χ2n) is 10.6. The standard InChI is InChI=1S/C26H43NO2/c1-7-9-10-11-16-24(3,4)19-12-14-21-22(17-19)29-25(5,6)23-15-13-20(27-8-2)18-26(21,23)28/h12,14,17,20,23,27-28H,7-11,13,15-16,18H2,1-6H3/t20?,23-,26+/m0/s1. The summed E-state index contributed by atoms with van der Waals surface area (Å²) < 4.78 is 6.55. The molecule has 2 aliphatic rings. The SMILES string of the molecule is CCCCCCC(C)(C)c1ccc2c(c1)OC(C)(C)[C@@H]1CCC(NCC)C[C@@]21O. The Balaban J connectivity index is 1.90. The number of hydrogen-bond donors (Lipinski definition) is 2. The van der Waals surface area contributed by atoms with Gasteiger partial charge in [0.1, 0.15) is 17.0 Å². The Morgan fingerprint density at radius 1 is 1.14 bits per heavy atom. The lowest BCUT2D eigenvalue weighted by Gasteiger charge is -2.54. The van der Waals surface area contributed by atoms with Gasteiger partial charge in [-0.25, -0.2) is 0 Å². The van der Waals surface area contributed by atoms with Crippen LogP contribution in [0.15, 0.2) is 18.2 Å². The predicted molar refractivity (Wildman–Crippen MR) is 122 cm³/mol. The summed E-state index contributed by atoms with van der Waals surface area (Å²) in [6.45, 7) is 14.3. The van der Waals surface area contributed by atoms with Crippen molar-refractivity contribution in [2.75, 3.05) is 6.54 Å². The summed E-state index contributed by atoms with van der Waals surface area (Å²) in [6.07, 6.45) is 9.21. The lowest BCUT2D eigenvalue weighted by molar-refractivity contribution is -0.152. The minimum Gasteiger partial charge on any atom is -0.487 e. The Labute approximate surface area is 178 Å². The highest BCUT2D eigenvalue weighted by molar-refractivity contribution is 5.47. The summed E-state index contributed by atoms with van der Waals surface area (Å²) in [6, 6.07) is 7.00. The maximum absolute atomic E-state index is 12.0. The number of fused-ring (bicyclic) bond motifs is 3. The van der Waals surface area contributed by atoms with Gasteiger partial charge in [0.15, 0.2) is 0 Å². The van der Waals surface area contributed by atoms with E-state index in [4.69, 9.17) is 4.74 Å². The summed E-state index contributed by atoms with van der Waals surface area (Å²) in [5.41, 5.74) is 1.27. The Morgan fingerprint density at radius 2 is 1.90 bits per heavy atom. The van der Waals surface area contributed by atoms with Gasteiger partial charge in [-0.15, -0.1) is 0 Å². The van der Waals surface area contributed by atoms with Crippen molar-refractivity contribution in [3.05, 3.63) is 29.3 Å². The summed E-state index contributed by atoms with van der Waals surface area (Å²) in [5.74, 6) is 1.02. The molecule has 1 aliphatic carbocycles. The lowest BCUT2D eigenvalue weighted by Crippen LogP contribution is -2.58. The smallest absolute Gasteiger partial charge is 0.126 e. The molecule has 2 N–H and O–H groups in total. The third-order valence-corrected chi connectivity index (χ3v) is 7.53. The van der Waals surface area contributed by atoms with Gasteiger partial charge in [0.25, 0.3) is 0 Å². The molecule has 1 unspecified atom stereocenters. The molecule has 0 radical (unpaired) electrons. The molecule has 1 aliphatic heterocycles. The second-order valence-corrected chi connectivity index (χ2v) is 10.6. The highest BCUT2D eigenvalue weighted by Crippen LogP contribution is 2.54. The molecule has 1 aromatic rings. The summed E-state index contributed by atoms with van der Waals surface area (Å²) in [4.78, 5) is 0. The zero-order valence-corrected chi connectivity index (χ0v) is 19.6. The van der Waals surface area contributed by atoms with E-state index in [9.17, 15) is 5.11 Å². The zero-order chi connectivity index (χ0) is 21.3. The Kier molecular flexibility index (Phi) is 6.70. The number of nitrogens with one attached hydrogen (secondary N) is 1. The van der Waals surface area contributed by atoms with Crippen LogP contribution >= 0.6 is 0 Å². The monoisotopic (exact) mass is 401 g/mol. The summed E-state index contributed by atoms with van der Waals surface area (Å²) in [7, 11) is 0. The molecule has 0 amide bonds. The molecule has 0 aromatic heterocycles. The molecule has 3 atom stereocenters. The van der Waals surface area contributed by atoms with Crippen molar-refractivity contribution in [1.29, 1.82) is 0 Å². The number of rotatable bonds is 8. The number of ether oxygens (including phenoxy) is 1. The average molecular weight is 402 g/mol. The molecule has 29 heavy (non-hydrogen) atoms. The second kappa shape index (κ2) is 8.59. The van der Waals surface area contributed by atoms with Crippen LogP contribution in [0, 0.1) is 5.92 Å². The number of aliphatic hydroxyl groups is 1. The van der Waals surface area contributed by atoms with Crippen molar-refractivity contribution in [1.82, 2.24) is 5.32 Å². The van der Waals surface area contributed by atoms with Crippen molar-refractivity contribution < 1.29 is 9.84 Å². The fraction of sp³-hybridized carbons (Fsp3) is 0.769. The van der Waals surface area contributed by atoms with Crippen LogP contribution in [0.1, 0.15) is 104 Å². The van der Waals surface area contributed by atoms with Gasteiger partial charge < -0.3 is 15.2 Å². The van der Waals surface area contributed by atoms with E-state index in [2.05, 4.69) is 65.1 Å². The van der Waals surface area contributed by atoms with Crippen LogP contribution in [0.25, 0.3) is 0 Å². The Bertz CT molecular complexity index is 696. The van der Waals surface area contributed by atoms with E-state index in [0.717, 1.165) is 37.1 Å². The fourth-order valence-corrected chi connectivity index (χ4v) is 5.79. The first-order chi connectivity index (χ1) is 13.6. The van der Waals surface area contributed by atoms with Gasteiger partial charge in [-0.1, -0.05) is 65.5 Å². The van der Waals surface area contributed by atoms with Gasteiger partial charge in [0, 0.05) is 17.5 Å². The number of benzene rings is 1. The predicted octanol–water partition coefficient (Wildman–Crippen LogP) is 6.07. The maximum Gasteiger partial charge on any atom is 0.126 e. The first-order valence-electron chi connectivity index (χ1n) is 11.9. The first kappa shape index (κ1) is 22.6. The van der Waals surface area contributed by atoms with Crippen molar-refractivity contribution >= 4 is 0 Å². The fourth-order valence-electron chi connectivity index (χ4n) is 5.79. The van der Waals surface area contributed by atoms with Crippen molar-refractivity contribution in [3.8, 4) is 5.75 Å². The normalized spacial score (nSPS) is 28.4. The zero-order valence-electron chi connectivity index (χ0n) is 19.6. The van der Waals surface area contributed by atoms with E-state index in [-0.39, 0.29) is 16.9 Å². The number of hydrogen-bond acceptors (Lipinski definition) is 3. The van der Waals surface area contributed by atoms with Crippen molar-refractivity contribution in [2.45, 2.75) is 116 Å². The molecule has 1 aromatic carbocycles. The van der Waals surface area contributed by atoms with Crippen LogP contribution in [0.4, 0.5) is 0 Å². The molecule has 0 bridgehead atoms. The van der Waals surface area contributed by atoms with Crippen LogP contribution in [0.3, 0.4) is 0 Å². The third-order valence-electron chi connectivity index (χ3n) is 7.53. The van der Waals surface area contributed by atoms with Crippen LogP contribution in [-0.2, 0) is 11.0 Å². The molecule has 1 fully saturated rings. The van der Waals surface area contributed by atoms with Gasteiger partial charge in [-0.2, -0.15) is 0 Å². The highest BCUT2D eigenvalue weighted by Gasteiger charge is 2.55. The van der Waals surface area contributed by atoms with E-state index in [0.29, 0.717) is 6.04 Å². The minimum atomic E-state index is -0.814. The van der Waals surface area contributed by atoms with Gasteiger partial charge in [0.05, 0.1) is 0 Å². The topological polar surface area (TPSA) is 41.5 Å². The van der Waals surface area contributed by atoms with E-state index < -0.39 is 5.60 Å². The molecule has 3 nitrogen and oxygen atoms in total. The molecule has 0 spiro atoms.